The van der Waals surface area contributed by atoms with Crippen LogP contribution in [0.1, 0.15) is 19.3 Å². The van der Waals surface area contributed by atoms with Crippen LogP contribution in [-0.2, 0) is 4.79 Å². The second kappa shape index (κ2) is 4.76. The van der Waals surface area contributed by atoms with E-state index in [2.05, 4.69) is 9.89 Å². The molecule has 1 fully saturated rings. The Morgan fingerprint density at radius 2 is 1.87 bits per heavy atom. The van der Waals surface area contributed by atoms with Gasteiger partial charge < -0.3 is 4.90 Å². The van der Waals surface area contributed by atoms with Crippen molar-refractivity contribution in [2.45, 2.75) is 19.3 Å². The molecule has 1 aliphatic heterocycles. The fourth-order valence-electron chi connectivity index (χ4n) is 2.01. The van der Waals surface area contributed by atoms with Gasteiger partial charge in [-0.05, 0) is 31.4 Å². The van der Waals surface area contributed by atoms with E-state index in [1.807, 2.05) is 24.3 Å². The van der Waals surface area contributed by atoms with Crippen molar-refractivity contribution in [1.29, 1.82) is 0 Å². The Kier molecular flexibility index (Phi) is 3.15. The highest BCUT2D eigenvalue weighted by atomic mass is 16.1. The van der Waals surface area contributed by atoms with Gasteiger partial charge in [0.2, 0.25) is 6.08 Å². The lowest BCUT2D eigenvalue weighted by atomic mass is 10.1. The summed E-state index contributed by atoms with van der Waals surface area (Å²) in [5.74, 6) is 0. The molecule has 0 amide bonds. The average Bonchev–Trinajstić information content (AvgIpc) is 2.31. The highest BCUT2D eigenvalue weighted by Gasteiger charge is 2.13. The number of carbonyl (C=O) groups excluding carboxylic acids is 1. The van der Waals surface area contributed by atoms with Gasteiger partial charge in [-0.2, -0.15) is 4.99 Å². The van der Waals surface area contributed by atoms with Crippen LogP contribution in [0.2, 0.25) is 0 Å². The quantitative estimate of drug-likeness (QED) is 0.545. The molecule has 78 valence electrons. The summed E-state index contributed by atoms with van der Waals surface area (Å²) in [4.78, 5) is 16.3. The van der Waals surface area contributed by atoms with Crippen LogP contribution in [0.25, 0.3) is 0 Å². The number of anilines is 1. The van der Waals surface area contributed by atoms with Crippen LogP contribution in [0, 0.1) is 0 Å². The Morgan fingerprint density at radius 1 is 1.13 bits per heavy atom. The van der Waals surface area contributed by atoms with E-state index in [9.17, 15) is 4.79 Å². The Bertz CT molecular complexity index is 377. The van der Waals surface area contributed by atoms with Gasteiger partial charge in [0.25, 0.3) is 0 Å². The summed E-state index contributed by atoms with van der Waals surface area (Å²) in [6.45, 7) is 2.12. The fourth-order valence-corrected chi connectivity index (χ4v) is 2.01. The van der Waals surface area contributed by atoms with Gasteiger partial charge in [0, 0.05) is 13.1 Å². The molecule has 0 aromatic heterocycles. The van der Waals surface area contributed by atoms with Crippen LogP contribution in [-0.4, -0.2) is 19.2 Å². The minimum atomic E-state index is 0.731. The van der Waals surface area contributed by atoms with Crippen LogP contribution in [0.3, 0.4) is 0 Å². The van der Waals surface area contributed by atoms with Gasteiger partial charge >= 0.3 is 0 Å². The van der Waals surface area contributed by atoms with E-state index in [0.717, 1.165) is 24.5 Å². The number of benzene rings is 1. The second-order valence-electron chi connectivity index (χ2n) is 3.74. The molecule has 1 saturated heterocycles. The molecule has 0 N–H and O–H groups in total. The Labute approximate surface area is 89.4 Å². The lowest BCUT2D eigenvalue weighted by molar-refractivity contribution is 0.565. The third-order valence-corrected chi connectivity index (χ3v) is 2.74. The summed E-state index contributed by atoms with van der Waals surface area (Å²) >= 11 is 0. The molecule has 0 aliphatic carbocycles. The van der Waals surface area contributed by atoms with Crippen LogP contribution < -0.4 is 4.90 Å². The Morgan fingerprint density at radius 3 is 2.60 bits per heavy atom. The van der Waals surface area contributed by atoms with Gasteiger partial charge in [-0.25, -0.2) is 4.79 Å². The first-order chi connectivity index (χ1) is 7.42. The molecule has 1 aliphatic rings. The third kappa shape index (κ3) is 2.25. The Hall–Kier alpha value is -1.60. The number of para-hydroxylation sites is 2. The van der Waals surface area contributed by atoms with Crippen molar-refractivity contribution < 1.29 is 4.79 Å². The zero-order chi connectivity index (χ0) is 10.5. The zero-order valence-electron chi connectivity index (χ0n) is 8.65. The lowest BCUT2D eigenvalue weighted by Gasteiger charge is -2.29. The molecular formula is C12H14N2O. The monoisotopic (exact) mass is 202 g/mol. The van der Waals surface area contributed by atoms with E-state index >= 15 is 0 Å². The maximum Gasteiger partial charge on any atom is 0.240 e. The van der Waals surface area contributed by atoms with Crippen molar-refractivity contribution in [3.63, 3.8) is 0 Å². The molecule has 3 nitrogen and oxygen atoms in total. The largest absolute Gasteiger partial charge is 0.370 e. The molecule has 0 unspecified atom stereocenters. The van der Waals surface area contributed by atoms with Gasteiger partial charge in [0.05, 0.1) is 11.4 Å². The minimum absolute atomic E-state index is 0.731. The SMILES string of the molecule is O=C=Nc1ccccc1N1CCCCC1. The topological polar surface area (TPSA) is 32.7 Å². The maximum atomic E-state index is 10.3. The van der Waals surface area contributed by atoms with Gasteiger partial charge in [-0.15, -0.1) is 0 Å². The van der Waals surface area contributed by atoms with E-state index in [4.69, 9.17) is 0 Å². The minimum Gasteiger partial charge on any atom is -0.370 e. The smallest absolute Gasteiger partial charge is 0.240 e. The molecule has 2 rings (SSSR count). The summed E-state index contributed by atoms with van der Waals surface area (Å²) < 4.78 is 0. The molecular weight excluding hydrogens is 188 g/mol. The van der Waals surface area contributed by atoms with Gasteiger partial charge in [-0.3, -0.25) is 0 Å². The summed E-state index contributed by atoms with van der Waals surface area (Å²) in [5.41, 5.74) is 1.79. The second-order valence-corrected chi connectivity index (χ2v) is 3.74. The molecule has 1 aromatic carbocycles. The summed E-state index contributed by atoms with van der Waals surface area (Å²) in [6.07, 6.45) is 5.36. The van der Waals surface area contributed by atoms with Crippen LogP contribution >= 0.6 is 0 Å². The van der Waals surface area contributed by atoms with E-state index in [1.54, 1.807) is 6.08 Å². The molecule has 0 bridgehead atoms. The average molecular weight is 202 g/mol. The normalized spacial score (nSPS) is 15.9. The number of hydrogen-bond donors (Lipinski definition) is 0. The summed E-state index contributed by atoms with van der Waals surface area (Å²) in [7, 11) is 0. The molecule has 0 radical (unpaired) electrons. The number of nitrogens with zero attached hydrogens (tertiary/aromatic N) is 2. The molecule has 0 spiro atoms. The standard InChI is InChI=1S/C12H14N2O/c15-10-13-11-6-2-3-7-12(11)14-8-4-1-5-9-14/h2-3,6-7H,1,4-5,8-9H2. The molecule has 1 aromatic rings. The highest BCUT2D eigenvalue weighted by molar-refractivity contribution is 5.69. The van der Waals surface area contributed by atoms with Crippen LogP contribution in [0.4, 0.5) is 11.4 Å². The number of hydrogen-bond acceptors (Lipinski definition) is 3. The van der Waals surface area contributed by atoms with Crippen molar-refractivity contribution in [3.05, 3.63) is 24.3 Å². The molecule has 15 heavy (non-hydrogen) atoms. The van der Waals surface area contributed by atoms with Crippen molar-refractivity contribution in [1.82, 2.24) is 0 Å². The fraction of sp³-hybridized carbons (Fsp3) is 0.417. The number of rotatable bonds is 2. The number of isocyanates is 1. The van der Waals surface area contributed by atoms with Crippen LogP contribution in [0.5, 0.6) is 0 Å². The van der Waals surface area contributed by atoms with Crippen molar-refractivity contribution in [3.8, 4) is 0 Å². The van der Waals surface area contributed by atoms with Crippen molar-refractivity contribution >= 4 is 17.5 Å². The molecule has 1 heterocycles. The predicted molar refractivity (Wildman–Crippen MR) is 60.3 cm³/mol. The van der Waals surface area contributed by atoms with Crippen LogP contribution in [0.15, 0.2) is 29.3 Å². The molecule has 0 atom stereocenters. The summed E-state index contributed by atoms with van der Waals surface area (Å²) in [6, 6.07) is 7.74. The summed E-state index contributed by atoms with van der Waals surface area (Å²) in [5, 5.41) is 0. The predicted octanol–water partition coefficient (Wildman–Crippen LogP) is 2.64. The maximum absolute atomic E-state index is 10.3. The van der Waals surface area contributed by atoms with E-state index < -0.39 is 0 Å². The van der Waals surface area contributed by atoms with Gasteiger partial charge in [0.1, 0.15) is 0 Å². The first kappa shape index (κ1) is 9.94. The third-order valence-electron chi connectivity index (χ3n) is 2.74. The Balaban J connectivity index is 2.28. The lowest BCUT2D eigenvalue weighted by Crippen LogP contribution is -2.29. The van der Waals surface area contributed by atoms with Gasteiger partial charge in [0.15, 0.2) is 0 Å². The molecule has 3 heteroatoms. The highest BCUT2D eigenvalue weighted by Crippen LogP contribution is 2.29. The number of piperidine rings is 1. The van der Waals surface area contributed by atoms with Crippen molar-refractivity contribution in [2.75, 3.05) is 18.0 Å². The molecule has 0 saturated carbocycles. The zero-order valence-corrected chi connectivity index (χ0v) is 8.65. The van der Waals surface area contributed by atoms with Gasteiger partial charge in [-0.1, -0.05) is 12.1 Å². The van der Waals surface area contributed by atoms with E-state index in [-0.39, 0.29) is 0 Å². The number of aliphatic imine (C=N–C) groups is 1. The van der Waals surface area contributed by atoms with Crippen molar-refractivity contribution in [2.24, 2.45) is 4.99 Å². The first-order valence-electron chi connectivity index (χ1n) is 5.33. The van der Waals surface area contributed by atoms with E-state index in [1.165, 1.54) is 19.3 Å². The first-order valence-corrected chi connectivity index (χ1v) is 5.33. The van der Waals surface area contributed by atoms with E-state index in [0.29, 0.717) is 0 Å².